The lowest BCUT2D eigenvalue weighted by Crippen LogP contribution is -2.32. The van der Waals surface area contributed by atoms with E-state index in [-0.39, 0.29) is 0 Å². The van der Waals surface area contributed by atoms with E-state index in [9.17, 15) is 0 Å². The molecular formula is C5H17B8. The lowest BCUT2D eigenvalue weighted by molar-refractivity contribution is 1.73. The van der Waals surface area contributed by atoms with E-state index in [4.69, 9.17) is 0 Å². The summed E-state index contributed by atoms with van der Waals surface area (Å²) in [6.45, 7) is 8.53. The second-order valence-electron chi connectivity index (χ2n) is 3.86. The third-order valence-electron chi connectivity index (χ3n) is 2.69. The minimum absolute atomic E-state index is 0.886. The molecule has 0 N–H and O–H groups in total. The first-order valence-corrected chi connectivity index (χ1v) is 5.75. The Balaban J connectivity index is 3.22. The Morgan fingerprint density at radius 3 is 2.69 bits per heavy atom. The van der Waals surface area contributed by atoms with Crippen LogP contribution in [0.5, 0.6) is 0 Å². The maximum atomic E-state index is 3.85. The highest BCUT2D eigenvalue weighted by Crippen LogP contribution is 1.90. The van der Waals surface area contributed by atoms with Crippen LogP contribution in [0.15, 0.2) is 12.7 Å². The molecule has 0 unspecified atom stereocenters. The minimum atomic E-state index is 0.886. The monoisotopic (exact) mass is 165 g/mol. The number of allylic oxidation sites excluding steroid dienone is 1. The zero-order chi connectivity index (χ0) is 9.94. The Morgan fingerprint density at radius 2 is 2.15 bits per heavy atom. The maximum Gasteiger partial charge on any atom is 0.0767 e. The van der Waals surface area contributed by atoms with E-state index in [0.717, 1.165) is 13.7 Å². The summed E-state index contributed by atoms with van der Waals surface area (Å²) in [5, 5.41) is 0. The van der Waals surface area contributed by atoms with Gasteiger partial charge in [0.15, 0.2) is 0 Å². The van der Waals surface area contributed by atoms with Crippen LogP contribution in [0.2, 0.25) is 12.5 Å². The van der Waals surface area contributed by atoms with Crippen molar-refractivity contribution in [3.8, 4) is 0 Å². The molecule has 0 spiro atoms. The molecule has 0 aromatic heterocycles. The van der Waals surface area contributed by atoms with Gasteiger partial charge in [-0.1, -0.05) is 13.1 Å². The van der Waals surface area contributed by atoms with Crippen LogP contribution in [-0.4, -0.2) is 56.9 Å². The molecule has 8 heteroatoms. The predicted octanol–water partition coefficient (Wildman–Crippen LogP) is -3.26. The second-order valence-corrected chi connectivity index (χ2v) is 3.86. The molecule has 0 aromatic rings. The fourth-order valence-electron chi connectivity index (χ4n) is 1.69. The van der Waals surface area contributed by atoms with Gasteiger partial charge in [-0.3, -0.25) is 0 Å². The van der Waals surface area contributed by atoms with Crippen LogP contribution in [0.4, 0.5) is 0 Å². The molecule has 0 bridgehead atoms. The SMILES string of the molecule is BBB(BCBBBB[CH2])CC=C. The van der Waals surface area contributed by atoms with Gasteiger partial charge in [0, 0.05) is 21.2 Å². The maximum absolute atomic E-state index is 3.85. The molecule has 0 fully saturated rings. The topological polar surface area (TPSA) is 0 Å². The third kappa shape index (κ3) is 8.59. The van der Waals surface area contributed by atoms with Crippen molar-refractivity contribution in [2.24, 2.45) is 0 Å². The van der Waals surface area contributed by atoms with E-state index in [2.05, 4.69) is 27.2 Å². The minimum Gasteiger partial charge on any atom is -0.115 e. The molecular weight excluding hydrogens is 147 g/mol. The van der Waals surface area contributed by atoms with Crippen LogP contribution >= 0.6 is 0 Å². The molecule has 0 heterocycles. The summed E-state index contributed by atoms with van der Waals surface area (Å²) in [5.41, 5.74) is 0. The Kier molecular flexibility index (Phi) is 10.5. The van der Waals surface area contributed by atoms with Gasteiger partial charge in [-0.05, 0) is 0 Å². The summed E-state index contributed by atoms with van der Waals surface area (Å²) in [7, 11) is 10.1. The smallest absolute Gasteiger partial charge is 0.0767 e. The summed E-state index contributed by atoms with van der Waals surface area (Å²) in [6, 6.07) is 0. The van der Waals surface area contributed by atoms with Crippen molar-refractivity contribution in [2.75, 3.05) is 0 Å². The zero-order valence-corrected chi connectivity index (χ0v) is 9.23. The molecule has 0 amide bonds. The first-order chi connectivity index (χ1) is 6.35. The Labute approximate surface area is 89.3 Å². The van der Waals surface area contributed by atoms with Gasteiger partial charge < -0.3 is 0 Å². The molecule has 0 aromatic carbocycles. The second kappa shape index (κ2) is 10.3. The number of hydrogen-bond donors (Lipinski definition) is 0. The van der Waals surface area contributed by atoms with Gasteiger partial charge >= 0.3 is 0 Å². The molecule has 0 atom stereocenters. The van der Waals surface area contributed by atoms with Crippen molar-refractivity contribution in [1.29, 1.82) is 0 Å². The molecule has 0 aliphatic rings. The lowest BCUT2D eigenvalue weighted by Gasteiger charge is -2.04. The van der Waals surface area contributed by atoms with Crippen molar-refractivity contribution < 1.29 is 0 Å². The highest BCUT2D eigenvalue weighted by Gasteiger charge is 2.09. The van der Waals surface area contributed by atoms with Gasteiger partial charge in [0.25, 0.3) is 0 Å². The highest BCUT2D eigenvalue weighted by atomic mass is 13.5. The molecule has 0 rings (SSSR count). The molecule has 0 aliphatic heterocycles. The standard InChI is InChI=1S/C5H17B8/c1-3-4-13(10-6)9-5-8-12-11-7-2/h3,7-12H,1-2,4-6H2. The van der Waals surface area contributed by atoms with E-state index >= 15 is 0 Å². The fourth-order valence-corrected chi connectivity index (χ4v) is 1.69. The van der Waals surface area contributed by atoms with Crippen LogP contribution in [0, 0.1) is 6.82 Å². The lowest BCUT2D eigenvalue weighted by atomic mass is 8.95. The first-order valence-electron chi connectivity index (χ1n) is 5.75. The largest absolute Gasteiger partial charge is 0.115 e. The van der Waals surface area contributed by atoms with E-state index in [1.54, 1.807) is 0 Å². The molecule has 0 aliphatic carbocycles. The molecule has 13 heavy (non-hydrogen) atoms. The summed E-state index contributed by atoms with van der Waals surface area (Å²) >= 11 is 0. The van der Waals surface area contributed by atoms with E-state index in [0.29, 0.717) is 0 Å². The van der Waals surface area contributed by atoms with Gasteiger partial charge in [-0.2, -0.15) is 0 Å². The average Bonchev–Trinajstić information content (AvgIpc) is 2.16. The average molecular weight is 164 g/mol. The van der Waals surface area contributed by atoms with Crippen LogP contribution in [0.25, 0.3) is 0 Å². The highest BCUT2D eigenvalue weighted by molar-refractivity contribution is 7.52. The summed E-state index contributed by atoms with van der Waals surface area (Å²) < 4.78 is 0. The van der Waals surface area contributed by atoms with E-state index in [1.165, 1.54) is 48.1 Å². The molecule has 61 valence electrons. The zero-order valence-electron chi connectivity index (χ0n) is 9.23. The van der Waals surface area contributed by atoms with Crippen LogP contribution in [0.1, 0.15) is 0 Å². The van der Waals surface area contributed by atoms with E-state index in [1.807, 2.05) is 0 Å². The third-order valence-corrected chi connectivity index (χ3v) is 2.69. The molecule has 0 saturated carbocycles. The quantitative estimate of drug-likeness (QED) is 0.190. The first kappa shape index (κ1) is 13.3. The van der Waals surface area contributed by atoms with Gasteiger partial charge in [0.1, 0.15) is 0 Å². The van der Waals surface area contributed by atoms with E-state index < -0.39 is 0 Å². The van der Waals surface area contributed by atoms with Gasteiger partial charge in [0.2, 0.25) is 0 Å². The number of hydrogen-bond acceptors (Lipinski definition) is 0. The Bertz CT molecular complexity index is 117. The van der Waals surface area contributed by atoms with Crippen molar-refractivity contribution in [3.63, 3.8) is 0 Å². The summed E-state index contributed by atoms with van der Waals surface area (Å²) in [5.74, 6) is 0. The molecule has 0 saturated heterocycles. The summed E-state index contributed by atoms with van der Waals surface area (Å²) in [4.78, 5) is 0. The Morgan fingerprint density at radius 1 is 1.38 bits per heavy atom. The van der Waals surface area contributed by atoms with Crippen molar-refractivity contribution in [1.82, 2.24) is 0 Å². The van der Waals surface area contributed by atoms with Crippen LogP contribution in [0.3, 0.4) is 0 Å². The fraction of sp³-hybridized carbons (Fsp3) is 0.400. The van der Waals surface area contributed by atoms with Crippen LogP contribution in [-0.2, 0) is 0 Å². The summed E-state index contributed by atoms with van der Waals surface area (Å²) in [6.07, 6.45) is 4.66. The van der Waals surface area contributed by atoms with Crippen molar-refractivity contribution in [2.45, 2.75) is 12.5 Å². The van der Waals surface area contributed by atoms with Gasteiger partial charge in [-0.15, -0.1) is 18.9 Å². The van der Waals surface area contributed by atoms with Crippen molar-refractivity contribution in [3.05, 3.63) is 19.5 Å². The molecule has 1 radical (unpaired) electrons. The van der Waals surface area contributed by atoms with Gasteiger partial charge in [0.05, 0.1) is 35.7 Å². The van der Waals surface area contributed by atoms with Crippen LogP contribution < -0.4 is 0 Å². The number of rotatable bonds is 9. The van der Waals surface area contributed by atoms with Gasteiger partial charge in [-0.25, -0.2) is 0 Å². The normalized spacial score (nSPS) is 8.08. The Hall–Kier alpha value is 0.259. The van der Waals surface area contributed by atoms with Crippen molar-refractivity contribution >= 4 is 56.9 Å². The molecule has 0 nitrogen and oxygen atoms in total. The predicted molar refractivity (Wildman–Crippen MR) is 82.4 cm³/mol.